The fourth-order valence-electron chi connectivity index (χ4n) is 1.91. The van der Waals surface area contributed by atoms with Gasteiger partial charge in [-0.1, -0.05) is 0 Å². The number of esters is 1. The van der Waals surface area contributed by atoms with Gasteiger partial charge in [0, 0.05) is 0 Å². The molecule has 1 N–H and O–H groups in total. The molecular formula is C14H21NO5. The van der Waals surface area contributed by atoms with Crippen molar-refractivity contribution in [2.75, 3.05) is 35.0 Å². The van der Waals surface area contributed by atoms with E-state index in [4.69, 9.17) is 18.9 Å². The molecule has 20 heavy (non-hydrogen) atoms. The molecule has 6 nitrogen and oxygen atoms in total. The van der Waals surface area contributed by atoms with Gasteiger partial charge < -0.3 is 24.3 Å². The summed E-state index contributed by atoms with van der Waals surface area (Å²) in [6.07, 6.45) is 0. The lowest BCUT2D eigenvalue weighted by Crippen LogP contribution is -2.27. The highest BCUT2D eigenvalue weighted by molar-refractivity contribution is 5.78. The summed E-state index contributed by atoms with van der Waals surface area (Å²) in [7, 11) is 6.27. The molecule has 112 valence electrons. The topological polar surface area (TPSA) is 66.0 Å². The van der Waals surface area contributed by atoms with Crippen molar-refractivity contribution in [1.29, 1.82) is 0 Å². The third-order valence-corrected chi connectivity index (χ3v) is 2.83. The molecule has 0 saturated carbocycles. The summed E-state index contributed by atoms with van der Waals surface area (Å²) in [5.41, 5.74) is 0.681. The molecule has 1 aromatic carbocycles. The van der Waals surface area contributed by atoms with Gasteiger partial charge in [-0.15, -0.1) is 0 Å². The smallest absolute Gasteiger partial charge is 0.327 e. The number of benzene rings is 1. The lowest BCUT2D eigenvalue weighted by Gasteiger charge is -2.19. The molecule has 0 amide bonds. The SMILES string of the molecule is CCOC(=O)C(NC)c1cc(OC)c(OC)c(OC)c1. The van der Waals surface area contributed by atoms with E-state index < -0.39 is 6.04 Å². The van der Waals surface area contributed by atoms with Crippen molar-refractivity contribution in [2.45, 2.75) is 13.0 Å². The molecule has 0 spiro atoms. The Kier molecular flexibility index (Phi) is 6.11. The third-order valence-electron chi connectivity index (χ3n) is 2.83. The van der Waals surface area contributed by atoms with E-state index in [0.717, 1.165) is 0 Å². The van der Waals surface area contributed by atoms with Crippen LogP contribution in [-0.2, 0) is 9.53 Å². The lowest BCUT2D eigenvalue weighted by molar-refractivity contribution is -0.145. The number of methoxy groups -OCH3 is 3. The molecule has 0 aliphatic carbocycles. The first-order valence-corrected chi connectivity index (χ1v) is 6.26. The summed E-state index contributed by atoms with van der Waals surface area (Å²) in [6.45, 7) is 2.08. The number of carbonyl (C=O) groups is 1. The first kappa shape index (κ1) is 16.1. The number of hydrogen-bond acceptors (Lipinski definition) is 6. The molecule has 0 aromatic heterocycles. The Morgan fingerprint density at radius 1 is 1.15 bits per heavy atom. The Morgan fingerprint density at radius 2 is 1.70 bits per heavy atom. The van der Waals surface area contributed by atoms with Crippen LogP contribution in [0.5, 0.6) is 17.2 Å². The molecule has 0 radical (unpaired) electrons. The zero-order valence-electron chi connectivity index (χ0n) is 12.5. The maximum Gasteiger partial charge on any atom is 0.327 e. The van der Waals surface area contributed by atoms with Gasteiger partial charge in [0.2, 0.25) is 5.75 Å². The number of nitrogens with one attached hydrogen (secondary N) is 1. The van der Waals surface area contributed by atoms with E-state index in [1.54, 1.807) is 26.1 Å². The molecule has 0 bridgehead atoms. The molecule has 1 rings (SSSR count). The van der Waals surface area contributed by atoms with Gasteiger partial charge in [-0.2, -0.15) is 0 Å². The zero-order valence-corrected chi connectivity index (χ0v) is 12.5. The zero-order chi connectivity index (χ0) is 15.1. The van der Waals surface area contributed by atoms with Gasteiger partial charge >= 0.3 is 5.97 Å². The van der Waals surface area contributed by atoms with Crippen LogP contribution in [0.15, 0.2) is 12.1 Å². The fourth-order valence-corrected chi connectivity index (χ4v) is 1.91. The van der Waals surface area contributed by atoms with Gasteiger partial charge in [0.25, 0.3) is 0 Å². The monoisotopic (exact) mass is 283 g/mol. The van der Waals surface area contributed by atoms with Gasteiger partial charge in [-0.3, -0.25) is 0 Å². The van der Waals surface area contributed by atoms with Crippen LogP contribution in [0.1, 0.15) is 18.5 Å². The first-order chi connectivity index (χ1) is 9.62. The van der Waals surface area contributed by atoms with E-state index in [-0.39, 0.29) is 5.97 Å². The quantitative estimate of drug-likeness (QED) is 0.766. The van der Waals surface area contributed by atoms with Gasteiger partial charge in [-0.05, 0) is 31.7 Å². The molecule has 1 unspecified atom stereocenters. The second-order valence-corrected chi connectivity index (χ2v) is 3.93. The first-order valence-electron chi connectivity index (χ1n) is 6.26. The van der Waals surface area contributed by atoms with Crippen molar-refractivity contribution in [2.24, 2.45) is 0 Å². The molecule has 6 heteroatoms. The van der Waals surface area contributed by atoms with Gasteiger partial charge in [0.15, 0.2) is 11.5 Å². The normalized spacial score (nSPS) is 11.7. The molecule has 0 heterocycles. The molecule has 0 aliphatic rings. The highest BCUT2D eigenvalue weighted by Crippen LogP contribution is 2.39. The second kappa shape index (κ2) is 7.59. The van der Waals surface area contributed by atoms with E-state index in [1.165, 1.54) is 21.3 Å². The average molecular weight is 283 g/mol. The molecule has 0 fully saturated rings. The number of rotatable bonds is 7. The maximum absolute atomic E-state index is 11.9. The minimum absolute atomic E-state index is 0.321. The number of likely N-dealkylation sites (N-methyl/N-ethyl adjacent to an activating group) is 1. The fraction of sp³-hybridized carbons (Fsp3) is 0.500. The second-order valence-electron chi connectivity index (χ2n) is 3.93. The van der Waals surface area contributed by atoms with Crippen LogP contribution in [0.3, 0.4) is 0 Å². The van der Waals surface area contributed by atoms with Crippen molar-refractivity contribution in [3.05, 3.63) is 17.7 Å². The Morgan fingerprint density at radius 3 is 2.05 bits per heavy atom. The van der Waals surface area contributed by atoms with Gasteiger partial charge in [0.1, 0.15) is 6.04 Å². The van der Waals surface area contributed by atoms with Crippen LogP contribution in [0, 0.1) is 0 Å². The van der Waals surface area contributed by atoms with Crippen molar-refractivity contribution in [3.63, 3.8) is 0 Å². The molecule has 1 aromatic rings. The minimum Gasteiger partial charge on any atom is -0.493 e. The maximum atomic E-state index is 11.9. The van der Waals surface area contributed by atoms with Crippen molar-refractivity contribution < 1.29 is 23.7 Å². The largest absolute Gasteiger partial charge is 0.493 e. The Labute approximate surface area is 119 Å². The standard InChI is InChI=1S/C14H21NO5/c1-6-20-14(16)12(15-2)9-7-10(17-3)13(19-5)11(8-9)18-4/h7-8,12,15H,6H2,1-5H3. The van der Waals surface area contributed by atoms with E-state index in [1.807, 2.05) is 0 Å². The van der Waals surface area contributed by atoms with Crippen LogP contribution in [0.25, 0.3) is 0 Å². The van der Waals surface area contributed by atoms with E-state index in [0.29, 0.717) is 29.4 Å². The van der Waals surface area contributed by atoms with Crippen molar-refractivity contribution in [1.82, 2.24) is 5.32 Å². The summed E-state index contributed by atoms with van der Waals surface area (Å²) >= 11 is 0. The number of carbonyl (C=O) groups excluding carboxylic acids is 1. The van der Waals surface area contributed by atoms with Crippen LogP contribution < -0.4 is 19.5 Å². The van der Waals surface area contributed by atoms with Crippen molar-refractivity contribution >= 4 is 5.97 Å². The summed E-state index contributed by atoms with van der Waals surface area (Å²) < 4.78 is 20.8. The van der Waals surface area contributed by atoms with E-state index in [2.05, 4.69) is 5.32 Å². The summed E-state index contributed by atoms with van der Waals surface area (Å²) in [5.74, 6) is 1.11. The third kappa shape index (κ3) is 3.33. The molecule has 0 saturated heterocycles. The highest BCUT2D eigenvalue weighted by Gasteiger charge is 2.24. The van der Waals surface area contributed by atoms with Crippen molar-refractivity contribution in [3.8, 4) is 17.2 Å². The summed E-state index contributed by atoms with van der Waals surface area (Å²) in [6, 6.07) is 2.85. The predicted molar refractivity (Wildman–Crippen MR) is 74.5 cm³/mol. The van der Waals surface area contributed by atoms with Gasteiger partial charge in [0.05, 0.1) is 27.9 Å². The Hall–Kier alpha value is -1.95. The molecule has 1 atom stereocenters. The average Bonchev–Trinajstić information content (AvgIpc) is 2.47. The Balaban J connectivity index is 3.26. The lowest BCUT2D eigenvalue weighted by atomic mass is 10.1. The summed E-state index contributed by atoms with van der Waals surface area (Å²) in [5, 5.41) is 2.92. The molecule has 0 aliphatic heterocycles. The van der Waals surface area contributed by atoms with E-state index >= 15 is 0 Å². The summed E-state index contributed by atoms with van der Waals surface area (Å²) in [4.78, 5) is 11.9. The minimum atomic E-state index is -0.594. The van der Waals surface area contributed by atoms with Gasteiger partial charge in [-0.25, -0.2) is 4.79 Å². The van der Waals surface area contributed by atoms with Crippen LogP contribution >= 0.6 is 0 Å². The highest BCUT2D eigenvalue weighted by atomic mass is 16.5. The number of hydrogen-bond donors (Lipinski definition) is 1. The Bertz CT molecular complexity index is 436. The number of ether oxygens (including phenoxy) is 4. The van der Waals surface area contributed by atoms with Crippen LogP contribution in [0.4, 0.5) is 0 Å². The van der Waals surface area contributed by atoms with E-state index in [9.17, 15) is 4.79 Å². The predicted octanol–water partition coefficient (Wildman–Crippen LogP) is 1.54. The molecular weight excluding hydrogens is 262 g/mol. The van der Waals surface area contributed by atoms with Crippen LogP contribution in [0.2, 0.25) is 0 Å². The van der Waals surface area contributed by atoms with Crippen LogP contribution in [-0.4, -0.2) is 41.0 Å².